The third-order valence-electron chi connectivity index (χ3n) is 6.58. The van der Waals surface area contributed by atoms with Crippen molar-refractivity contribution in [3.05, 3.63) is 63.1 Å². The van der Waals surface area contributed by atoms with E-state index >= 15 is 0 Å². The number of benzene rings is 2. The molecule has 214 valence electrons. The van der Waals surface area contributed by atoms with Crippen LogP contribution in [0.25, 0.3) is 0 Å². The summed E-state index contributed by atoms with van der Waals surface area (Å²) in [6.07, 6.45) is 0.695. The van der Waals surface area contributed by atoms with E-state index in [0.29, 0.717) is 15.9 Å². The molecular formula is C26H30BrClF3N3O4S. The molecule has 1 aliphatic carbocycles. The Labute approximate surface area is 239 Å². The molecule has 0 aliphatic heterocycles. The number of halogens is 5. The maximum absolute atomic E-state index is 13.6. The summed E-state index contributed by atoms with van der Waals surface area (Å²) in [4.78, 5) is 28.0. The molecule has 7 nitrogen and oxygen atoms in total. The molecule has 1 atom stereocenters. The van der Waals surface area contributed by atoms with Gasteiger partial charge in [0.2, 0.25) is 21.8 Å². The van der Waals surface area contributed by atoms with Crippen LogP contribution in [0.5, 0.6) is 0 Å². The van der Waals surface area contributed by atoms with E-state index in [9.17, 15) is 31.2 Å². The summed E-state index contributed by atoms with van der Waals surface area (Å²) in [5, 5.41) is 2.38. The van der Waals surface area contributed by atoms with Gasteiger partial charge in [0, 0.05) is 17.1 Å². The number of hydrogen-bond acceptors (Lipinski definition) is 4. The Morgan fingerprint density at radius 3 is 2.38 bits per heavy atom. The summed E-state index contributed by atoms with van der Waals surface area (Å²) in [5.41, 5.74) is -0.926. The van der Waals surface area contributed by atoms with Crippen molar-refractivity contribution < 1.29 is 31.2 Å². The van der Waals surface area contributed by atoms with Gasteiger partial charge in [-0.3, -0.25) is 13.9 Å². The summed E-state index contributed by atoms with van der Waals surface area (Å²) in [5.74, 6) is -1.14. The highest BCUT2D eigenvalue weighted by Crippen LogP contribution is 2.37. The second-order valence-electron chi connectivity index (χ2n) is 9.60. The fourth-order valence-corrected chi connectivity index (χ4v) is 6.00. The second kappa shape index (κ2) is 12.9. The normalized spacial score (nSPS) is 15.5. The molecular weight excluding hydrogens is 623 g/mol. The lowest BCUT2D eigenvalue weighted by atomic mass is 9.95. The lowest BCUT2D eigenvalue weighted by molar-refractivity contribution is -0.139. The van der Waals surface area contributed by atoms with E-state index in [1.807, 2.05) is 0 Å². The molecule has 1 aliphatic rings. The Hall–Kier alpha value is -2.31. The first-order valence-corrected chi connectivity index (χ1v) is 15.4. The minimum Gasteiger partial charge on any atom is -0.352 e. The highest BCUT2D eigenvalue weighted by atomic mass is 79.9. The number of nitrogens with one attached hydrogen (secondary N) is 1. The van der Waals surface area contributed by atoms with E-state index in [1.165, 1.54) is 4.90 Å². The van der Waals surface area contributed by atoms with Crippen LogP contribution in [-0.2, 0) is 32.3 Å². The van der Waals surface area contributed by atoms with Crippen molar-refractivity contribution in [2.24, 2.45) is 0 Å². The van der Waals surface area contributed by atoms with E-state index in [2.05, 4.69) is 21.2 Å². The molecule has 13 heteroatoms. The van der Waals surface area contributed by atoms with Crippen LogP contribution in [0.1, 0.15) is 50.2 Å². The molecule has 1 saturated carbocycles. The molecule has 1 fully saturated rings. The summed E-state index contributed by atoms with van der Waals surface area (Å²) < 4.78 is 67.0. The predicted molar refractivity (Wildman–Crippen MR) is 148 cm³/mol. The smallest absolute Gasteiger partial charge is 0.352 e. The van der Waals surface area contributed by atoms with Crippen LogP contribution in [0, 0.1) is 0 Å². The molecule has 2 aromatic rings. The van der Waals surface area contributed by atoms with E-state index in [0.717, 1.165) is 55.0 Å². The minimum atomic E-state index is -4.83. The first-order valence-electron chi connectivity index (χ1n) is 12.4. The molecule has 0 spiro atoms. The number of nitrogens with zero attached hydrogens (tertiary/aromatic N) is 2. The zero-order valence-corrected chi connectivity index (χ0v) is 24.6. The van der Waals surface area contributed by atoms with E-state index in [4.69, 9.17) is 11.6 Å². The third-order valence-corrected chi connectivity index (χ3v) is 8.55. The molecule has 0 aromatic heterocycles. The van der Waals surface area contributed by atoms with E-state index in [-0.39, 0.29) is 24.2 Å². The standard InChI is InChI=1S/C26H30BrClF3N3O4S/c1-17(25(36)32-20-9-4-3-5-10-20)33(15-18-7-6-8-19(27)13-18)24(35)16-34(39(2,37)38)21-11-12-23(28)22(14-21)26(29,30)31/h6-8,11-14,17,20H,3-5,9-10,15-16H2,1-2H3,(H,32,36). The van der Waals surface area contributed by atoms with Crippen molar-refractivity contribution in [1.82, 2.24) is 10.2 Å². The Morgan fingerprint density at radius 1 is 1.13 bits per heavy atom. The largest absolute Gasteiger partial charge is 0.417 e. The maximum atomic E-state index is 13.6. The van der Waals surface area contributed by atoms with Gasteiger partial charge in [-0.05, 0) is 55.7 Å². The molecule has 0 saturated heterocycles. The van der Waals surface area contributed by atoms with Crippen LogP contribution < -0.4 is 9.62 Å². The number of carbonyl (C=O) groups excluding carboxylic acids is 2. The number of sulfonamides is 1. The minimum absolute atomic E-state index is 0.0149. The van der Waals surface area contributed by atoms with Crippen LogP contribution >= 0.6 is 27.5 Å². The quantitative estimate of drug-likeness (QED) is 0.374. The molecule has 2 aromatic carbocycles. The van der Waals surface area contributed by atoms with Crippen LogP contribution in [0.4, 0.5) is 18.9 Å². The first-order chi connectivity index (χ1) is 18.2. The molecule has 0 radical (unpaired) electrons. The van der Waals surface area contributed by atoms with Gasteiger partial charge >= 0.3 is 6.18 Å². The number of hydrogen-bond donors (Lipinski definition) is 1. The zero-order chi connectivity index (χ0) is 29.0. The molecule has 2 amide bonds. The van der Waals surface area contributed by atoms with Crippen molar-refractivity contribution in [3.8, 4) is 0 Å². The van der Waals surface area contributed by atoms with Gasteiger partial charge in [-0.1, -0.05) is 58.9 Å². The van der Waals surface area contributed by atoms with Crippen molar-refractivity contribution >= 4 is 55.1 Å². The summed E-state index contributed by atoms with van der Waals surface area (Å²) in [6.45, 7) is 0.708. The average molecular weight is 653 g/mol. The second-order valence-corrected chi connectivity index (χ2v) is 12.8. The first kappa shape index (κ1) is 31.2. The van der Waals surface area contributed by atoms with Crippen molar-refractivity contribution in [1.29, 1.82) is 0 Å². The van der Waals surface area contributed by atoms with Gasteiger partial charge in [0.25, 0.3) is 0 Å². The van der Waals surface area contributed by atoms with Crippen LogP contribution in [-0.4, -0.2) is 50.0 Å². The predicted octanol–water partition coefficient (Wildman–Crippen LogP) is 5.75. The Bertz CT molecular complexity index is 1300. The van der Waals surface area contributed by atoms with Gasteiger partial charge < -0.3 is 10.2 Å². The Kier molecular flexibility index (Phi) is 10.3. The number of amides is 2. The van der Waals surface area contributed by atoms with E-state index in [1.54, 1.807) is 31.2 Å². The van der Waals surface area contributed by atoms with Crippen LogP contribution in [0.3, 0.4) is 0 Å². The van der Waals surface area contributed by atoms with Gasteiger partial charge in [0.15, 0.2) is 0 Å². The molecule has 0 bridgehead atoms. The highest BCUT2D eigenvalue weighted by molar-refractivity contribution is 9.10. The molecule has 1 unspecified atom stereocenters. The lowest BCUT2D eigenvalue weighted by Gasteiger charge is -2.33. The maximum Gasteiger partial charge on any atom is 0.417 e. The highest BCUT2D eigenvalue weighted by Gasteiger charge is 2.36. The number of carbonyl (C=O) groups is 2. The topological polar surface area (TPSA) is 86.8 Å². The summed E-state index contributed by atoms with van der Waals surface area (Å²) in [6, 6.07) is 8.69. The van der Waals surface area contributed by atoms with Gasteiger partial charge in [-0.25, -0.2) is 8.42 Å². The van der Waals surface area contributed by atoms with Crippen LogP contribution in [0.15, 0.2) is 46.9 Å². The number of anilines is 1. The van der Waals surface area contributed by atoms with Crippen molar-refractivity contribution in [3.63, 3.8) is 0 Å². The Balaban J connectivity index is 1.93. The SMILES string of the molecule is CC(C(=O)NC1CCCCC1)N(Cc1cccc(Br)c1)C(=O)CN(c1ccc(Cl)c(C(F)(F)F)c1)S(C)(=O)=O. The van der Waals surface area contributed by atoms with Gasteiger partial charge in [-0.15, -0.1) is 0 Å². The van der Waals surface area contributed by atoms with Crippen LogP contribution in [0.2, 0.25) is 5.02 Å². The number of rotatable bonds is 9. The fraction of sp³-hybridized carbons (Fsp3) is 0.462. The molecule has 1 N–H and O–H groups in total. The van der Waals surface area contributed by atoms with Gasteiger partial charge in [-0.2, -0.15) is 13.2 Å². The molecule has 39 heavy (non-hydrogen) atoms. The molecule has 3 rings (SSSR count). The summed E-state index contributed by atoms with van der Waals surface area (Å²) >= 11 is 9.08. The fourth-order valence-electron chi connectivity index (χ4n) is 4.48. The molecule has 0 heterocycles. The lowest BCUT2D eigenvalue weighted by Crippen LogP contribution is -2.53. The van der Waals surface area contributed by atoms with Crippen molar-refractivity contribution in [2.45, 2.75) is 63.8 Å². The van der Waals surface area contributed by atoms with Gasteiger partial charge in [0.05, 0.1) is 22.5 Å². The summed E-state index contributed by atoms with van der Waals surface area (Å²) in [7, 11) is -4.20. The van der Waals surface area contributed by atoms with Crippen molar-refractivity contribution in [2.75, 3.05) is 17.1 Å². The monoisotopic (exact) mass is 651 g/mol. The third kappa shape index (κ3) is 8.59. The van der Waals surface area contributed by atoms with E-state index < -0.39 is 45.3 Å². The average Bonchev–Trinajstić information content (AvgIpc) is 2.85. The Morgan fingerprint density at radius 2 is 1.79 bits per heavy atom. The van der Waals surface area contributed by atoms with Gasteiger partial charge in [0.1, 0.15) is 12.6 Å². The zero-order valence-electron chi connectivity index (χ0n) is 21.5. The number of alkyl halides is 3.